The Morgan fingerprint density at radius 3 is 1.72 bits per heavy atom. The van der Waals surface area contributed by atoms with Crippen molar-refractivity contribution in [1.29, 1.82) is 0 Å². The number of urea groups is 1. The topological polar surface area (TPSA) is 141 Å². The predicted octanol–water partition coefficient (Wildman–Crippen LogP) is 1.03. The molecule has 3 heterocycles. The Kier molecular flexibility index (Phi) is 5.67. The molecule has 0 saturated carbocycles. The fourth-order valence-corrected chi connectivity index (χ4v) is 4.59. The van der Waals surface area contributed by atoms with Crippen LogP contribution < -0.4 is 15.1 Å². The van der Waals surface area contributed by atoms with Crippen LogP contribution >= 0.6 is 0 Å². The Labute approximate surface area is 204 Å². The largest absolute Gasteiger partial charge is 0.331 e. The van der Waals surface area contributed by atoms with Gasteiger partial charge in [-0.1, -0.05) is 24.3 Å². The lowest BCUT2D eigenvalue weighted by molar-refractivity contribution is -0.140. The monoisotopic (exact) mass is 488 g/mol. The molecule has 0 aromatic heterocycles. The van der Waals surface area contributed by atoms with Crippen LogP contribution in [0.1, 0.15) is 36.8 Å². The lowest BCUT2D eigenvalue weighted by atomic mass is 10.0. The first kappa shape index (κ1) is 23.1. The predicted molar refractivity (Wildman–Crippen MR) is 123 cm³/mol. The van der Waals surface area contributed by atoms with Gasteiger partial charge in [0.15, 0.2) is 0 Å². The van der Waals surface area contributed by atoms with Crippen molar-refractivity contribution in [3.63, 3.8) is 0 Å². The van der Waals surface area contributed by atoms with Crippen molar-refractivity contribution >= 4 is 52.8 Å². The van der Waals surface area contributed by atoms with Gasteiger partial charge in [0.2, 0.25) is 29.5 Å². The van der Waals surface area contributed by atoms with E-state index in [0.717, 1.165) is 16.0 Å². The minimum absolute atomic E-state index is 0.213. The standard InChI is InChI=1S/C25H20N4O7/c30-19-13-23(34)29(25(36)26-19)18-12-22(33)28(24(18)35)17-7-3-15(4-8-17)11-14-1-5-16(6-2-14)27-20(31)9-10-21(27)32/h1-8,18H,9-13H2,(H,26,30,36). The molecule has 1 unspecified atom stereocenters. The molecule has 2 aromatic rings. The van der Waals surface area contributed by atoms with E-state index in [1.165, 1.54) is 4.90 Å². The second-order valence-corrected chi connectivity index (χ2v) is 8.71. The molecule has 3 saturated heterocycles. The summed E-state index contributed by atoms with van der Waals surface area (Å²) in [6.45, 7) is 0. The Morgan fingerprint density at radius 1 is 0.667 bits per heavy atom. The van der Waals surface area contributed by atoms with Crippen LogP contribution in [0.5, 0.6) is 0 Å². The van der Waals surface area contributed by atoms with E-state index < -0.39 is 42.1 Å². The van der Waals surface area contributed by atoms with E-state index in [4.69, 9.17) is 0 Å². The Hall–Kier alpha value is -4.67. The van der Waals surface area contributed by atoms with Crippen LogP contribution in [0, 0.1) is 0 Å². The molecule has 0 bridgehead atoms. The number of hydrogen-bond acceptors (Lipinski definition) is 7. The zero-order valence-corrected chi connectivity index (χ0v) is 18.9. The normalized spacial score (nSPS) is 20.6. The van der Waals surface area contributed by atoms with Gasteiger partial charge >= 0.3 is 6.03 Å². The Balaban J connectivity index is 1.27. The number of nitrogens with one attached hydrogen (secondary N) is 1. The van der Waals surface area contributed by atoms with E-state index in [1.807, 2.05) is 17.4 Å². The van der Waals surface area contributed by atoms with Crippen LogP contribution in [-0.4, -0.2) is 52.4 Å². The maximum absolute atomic E-state index is 12.9. The van der Waals surface area contributed by atoms with Gasteiger partial charge < -0.3 is 0 Å². The smallest absolute Gasteiger partial charge is 0.277 e. The number of anilines is 2. The lowest BCUT2D eigenvalue weighted by Gasteiger charge is -2.28. The highest BCUT2D eigenvalue weighted by molar-refractivity contribution is 6.25. The van der Waals surface area contributed by atoms with Crippen molar-refractivity contribution in [1.82, 2.24) is 10.2 Å². The molecule has 0 aliphatic carbocycles. The molecule has 0 spiro atoms. The molecule has 182 valence electrons. The average Bonchev–Trinajstić information content (AvgIpc) is 3.32. The van der Waals surface area contributed by atoms with Crippen molar-refractivity contribution in [3.05, 3.63) is 59.7 Å². The van der Waals surface area contributed by atoms with Gasteiger partial charge in [0.1, 0.15) is 12.5 Å². The summed E-state index contributed by atoms with van der Waals surface area (Å²) in [6, 6.07) is 11.5. The van der Waals surface area contributed by atoms with Gasteiger partial charge in [-0.15, -0.1) is 0 Å². The number of nitrogens with zero attached hydrogens (tertiary/aromatic N) is 3. The van der Waals surface area contributed by atoms with Gasteiger partial charge in [0, 0.05) is 12.8 Å². The van der Waals surface area contributed by atoms with Crippen LogP contribution in [0.25, 0.3) is 0 Å². The molecule has 2 aromatic carbocycles. The van der Waals surface area contributed by atoms with Gasteiger partial charge in [-0.05, 0) is 41.8 Å². The zero-order chi connectivity index (χ0) is 25.6. The molecule has 11 nitrogen and oxygen atoms in total. The number of barbiturate groups is 1. The van der Waals surface area contributed by atoms with Crippen LogP contribution in [0.3, 0.4) is 0 Å². The third kappa shape index (κ3) is 4.04. The van der Waals surface area contributed by atoms with Crippen molar-refractivity contribution in [2.45, 2.75) is 38.1 Å². The van der Waals surface area contributed by atoms with E-state index >= 15 is 0 Å². The fraction of sp³-hybridized carbons (Fsp3) is 0.240. The first-order valence-corrected chi connectivity index (χ1v) is 11.3. The van der Waals surface area contributed by atoms with Gasteiger partial charge in [-0.25, -0.2) is 9.69 Å². The number of benzene rings is 2. The van der Waals surface area contributed by atoms with Gasteiger partial charge in [0.25, 0.3) is 5.91 Å². The number of amides is 8. The van der Waals surface area contributed by atoms with Crippen LogP contribution in [0.4, 0.5) is 16.2 Å². The first-order valence-electron chi connectivity index (χ1n) is 11.3. The van der Waals surface area contributed by atoms with Crippen LogP contribution in [-0.2, 0) is 35.2 Å². The SMILES string of the molecule is O=C1CC(=O)N(C2CC(=O)N(c3ccc(Cc4ccc(N5C(=O)CCC5=O)cc4)cc3)C2=O)C(=O)N1. The molecule has 3 aliphatic heterocycles. The molecule has 1 N–H and O–H groups in total. The molecule has 5 rings (SSSR count). The van der Waals surface area contributed by atoms with Crippen molar-refractivity contribution in [2.24, 2.45) is 0 Å². The quantitative estimate of drug-likeness (QED) is 0.489. The number of carbonyl (C=O) groups excluding carboxylic acids is 7. The summed E-state index contributed by atoms with van der Waals surface area (Å²) < 4.78 is 0. The second kappa shape index (κ2) is 8.84. The lowest BCUT2D eigenvalue weighted by Crippen LogP contribution is -2.58. The third-order valence-electron chi connectivity index (χ3n) is 6.33. The van der Waals surface area contributed by atoms with Gasteiger partial charge in [-0.2, -0.15) is 0 Å². The van der Waals surface area contributed by atoms with Crippen molar-refractivity contribution in [2.75, 3.05) is 9.80 Å². The van der Waals surface area contributed by atoms with Gasteiger partial charge in [0.05, 0.1) is 17.8 Å². The molecule has 8 amide bonds. The number of hydrogen-bond donors (Lipinski definition) is 1. The summed E-state index contributed by atoms with van der Waals surface area (Å²) in [6.07, 6.45) is 0.0453. The van der Waals surface area contributed by atoms with E-state index in [2.05, 4.69) is 0 Å². The van der Waals surface area contributed by atoms with Gasteiger partial charge in [-0.3, -0.25) is 43.9 Å². The second-order valence-electron chi connectivity index (χ2n) is 8.71. The highest BCUT2D eigenvalue weighted by Crippen LogP contribution is 2.28. The van der Waals surface area contributed by atoms with Crippen LogP contribution in [0.2, 0.25) is 0 Å². The number of imide groups is 4. The minimum atomic E-state index is -1.30. The number of carbonyl (C=O) groups is 7. The highest BCUT2D eigenvalue weighted by Gasteiger charge is 2.48. The summed E-state index contributed by atoms with van der Waals surface area (Å²) in [4.78, 5) is 87.8. The maximum Gasteiger partial charge on any atom is 0.331 e. The van der Waals surface area contributed by atoms with E-state index in [-0.39, 0.29) is 31.1 Å². The third-order valence-corrected chi connectivity index (χ3v) is 6.33. The van der Waals surface area contributed by atoms with Crippen molar-refractivity contribution in [3.8, 4) is 0 Å². The van der Waals surface area contributed by atoms with Crippen molar-refractivity contribution < 1.29 is 33.6 Å². The molecule has 36 heavy (non-hydrogen) atoms. The first-order chi connectivity index (χ1) is 17.2. The van der Waals surface area contributed by atoms with E-state index in [0.29, 0.717) is 22.7 Å². The molecule has 3 fully saturated rings. The summed E-state index contributed by atoms with van der Waals surface area (Å²) in [5.74, 6) is -3.27. The Morgan fingerprint density at radius 2 is 1.19 bits per heavy atom. The summed E-state index contributed by atoms with van der Waals surface area (Å²) in [5, 5.41) is 1.99. The Bertz CT molecular complexity index is 1300. The molecular formula is C25H20N4O7. The molecule has 0 radical (unpaired) electrons. The number of rotatable bonds is 5. The summed E-state index contributed by atoms with van der Waals surface area (Å²) >= 11 is 0. The molecule has 11 heteroatoms. The molecular weight excluding hydrogens is 468 g/mol. The summed E-state index contributed by atoms with van der Waals surface area (Å²) in [7, 11) is 0. The van der Waals surface area contributed by atoms with E-state index in [1.54, 1.807) is 36.4 Å². The minimum Gasteiger partial charge on any atom is -0.277 e. The maximum atomic E-state index is 12.9. The molecule has 3 aliphatic rings. The fourth-order valence-electron chi connectivity index (χ4n) is 4.59. The van der Waals surface area contributed by atoms with E-state index in [9.17, 15) is 33.6 Å². The highest BCUT2D eigenvalue weighted by atomic mass is 16.2. The average molecular weight is 488 g/mol. The zero-order valence-electron chi connectivity index (χ0n) is 18.9. The van der Waals surface area contributed by atoms with Crippen LogP contribution in [0.15, 0.2) is 48.5 Å². The summed E-state index contributed by atoms with van der Waals surface area (Å²) in [5.41, 5.74) is 2.66. The molecule has 1 atom stereocenters.